The first-order valence-electron chi connectivity index (χ1n) is 9.86. The molecule has 0 radical (unpaired) electrons. The van der Waals surface area contributed by atoms with E-state index in [2.05, 4.69) is 5.16 Å². The maximum Gasteiger partial charge on any atom is 0.410 e. The summed E-state index contributed by atoms with van der Waals surface area (Å²) in [5, 5.41) is 4.25. The fraction of sp³-hybridized carbons (Fsp3) is 0.500. The molecule has 0 N–H and O–H groups in total. The van der Waals surface area contributed by atoms with Crippen LogP contribution in [0.25, 0.3) is 11.3 Å². The number of aryl methyl sites for hydroxylation is 1. The minimum absolute atomic E-state index is 0.243. The average Bonchev–Trinajstić information content (AvgIpc) is 3.12. The average molecular weight is 400 g/mol. The van der Waals surface area contributed by atoms with E-state index in [0.717, 1.165) is 29.7 Å². The number of carbonyl (C=O) groups excluding carboxylic acids is 2. The fourth-order valence-electron chi connectivity index (χ4n) is 3.37. The summed E-state index contributed by atoms with van der Waals surface area (Å²) < 4.78 is 16.2. The highest BCUT2D eigenvalue weighted by Gasteiger charge is 2.29. The number of hydrogen-bond acceptors (Lipinski definition) is 6. The Morgan fingerprint density at radius 2 is 1.86 bits per heavy atom. The zero-order chi connectivity index (χ0) is 21.2. The number of nitrogens with zero attached hydrogens (tertiary/aromatic N) is 2. The van der Waals surface area contributed by atoms with E-state index in [0.29, 0.717) is 24.6 Å². The molecule has 0 bridgehead atoms. The zero-order valence-electron chi connectivity index (χ0n) is 17.7. The van der Waals surface area contributed by atoms with Crippen molar-refractivity contribution in [1.82, 2.24) is 10.1 Å². The predicted octanol–water partition coefficient (Wildman–Crippen LogP) is 4.69. The van der Waals surface area contributed by atoms with Crippen molar-refractivity contribution in [3.8, 4) is 17.1 Å². The van der Waals surface area contributed by atoms with Crippen LogP contribution >= 0.6 is 0 Å². The van der Waals surface area contributed by atoms with E-state index in [1.807, 2.05) is 45.9 Å². The second-order valence-corrected chi connectivity index (χ2v) is 8.43. The molecule has 1 aromatic carbocycles. The molecule has 1 aliphatic heterocycles. The van der Waals surface area contributed by atoms with Crippen LogP contribution in [0.1, 0.15) is 57.7 Å². The molecule has 1 amide bonds. The number of esters is 1. The van der Waals surface area contributed by atoms with Crippen LogP contribution in [0.3, 0.4) is 0 Å². The summed E-state index contributed by atoms with van der Waals surface area (Å²) in [5.41, 5.74) is 2.13. The van der Waals surface area contributed by atoms with Crippen molar-refractivity contribution >= 4 is 12.1 Å². The lowest BCUT2D eigenvalue weighted by Crippen LogP contribution is -2.41. The number of piperidine rings is 1. The second kappa shape index (κ2) is 8.27. The van der Waals surface area contributed by atoms with Crippen molar-refractivity contribution < 1.29 is 23.6 Å². The van der Waals surface area contributed by atoms with Gasteiger partial charge in [0.25, 0.3) is 0 Å². The fourth-order valence-corrected chi connectivity index (χ4v) is 3.37. The standard InChI is InChI=1S/C22H28N2O5/c1-14-12-17(6-7-19(14)27-15(2)25)20-13-18(23-29-20)16-8-10-24(11-9-16)21(26)28-22(3,4)5/h6-7,12-13,16H,8-11H2,1-5H3. The number of amides is 1. The molecule has 156 valence electrons. The van der Waals surface area contributed by atoms with E-state index in [-0.39, 0.29) is 18.0 Å². The van der Waals surface area contributed by atoms with Gasteiger partial charge in [0.05, 0.1) is 5.69 Å². The van der Waals surface area contributed by atoms with Gasteiger partial charge in [-0.3, -0.25) is 4.79 Å². The monoisotopic (exact) mass is 400 g/mol. The van der Waals surface area contributed by atoms with Gasteiger partial charge in [0.2, 0.25) is 0 Å². The summed E-state index contributed by atoms with van der Waals surface area (Å²) in [4.78, 5) is 25.1. The molecule has 3 rings (SSSR count). The Balaban J connectivity index is 1.63. The van der Waals surface area contributed by atoms with E-state index in [1.165, 1.54) is 6.92 Å². The number of hydrogen-bond donors (Lipinski definition) is 0. The molecule has 0 aliphatic carbocycles. The third-order valence-electron chi connectivity index (χ3n) is 4.81. The maximum absolute atomic E-state index is 12.2. The Hall–Kier alpha value is -2.83. The van der Waals surface area contributed by atoms with Crippen molar-refractivity contribution in [2.24, 2.45) is 0 Å². The van der Waals surface area contributed by atoms with Crippen LogP contribution in [0.5, 0.6) is 5.75 Å². The number of aromatic nitrogens is 1. The van der Waals surface area contributed by atoms with Crippen molar-refractivity contribution in [3.63, 3.8) is 0 Å². The first-order valence-corrected chi connectivity index (χ1v) is 9.86. The summed E-state index contributed by atoms with van der Waals surface area (Å²) in [6.07, 6.45) is 1.37. The van der Waals surface area contributed by atoms with Gasteiger partial charge < -0.3 is 18.9 Å². The summed E-state index contributed by atoms with van der Waals surface area (Å²) in [6.45, 7) is 10.1. The van der Waals surface area contributed by atoms with Crippen molar-refractivity contribution in [1.29, 1.82) is 0 Å². The van der Waals surface area contributed by atoms with Crippen LogP contribution in [0.15, 0.2) is 28.8 Å². The van der Waals surface area contributed by atoms with Gasteiger partial charge in [-0.25, -0.2) is 4.79 Å². The quantitative estimate of drug-likeness (QED) is 0.549. The molecule has 0 saturated carbocycles. The molecule has 0 spiro atoms. The van der Waals surface area contributed by atoms with Crippen LogP contribution in [0.4, 0.5) is 4.79 Å². The van der Waals surface area contributed by atoms with Gasteiger partial charge in [-0.05, 0) is 64.3 Å². The molecule has 1 saturated heterocycles. The van der Waals surface area contributed by atoms with Gasteiger partial charge in [0, 0.05) is 37.6 Å². The van der Waals surface area contributed by atoms with E-state index in [9.17, 15) is 9.59 Å². The van der Waals surface area contributed by atoms with E-state index < -0.39 is 5.60 Å². The van der Waals surface area contributed by atoms with Crippen LogP contribution in [0.2, 0.25) is 0 Å². The minimum Gasteiger partial charge on any atom is -0.444 e. The van der Waals surface area contributed by atoms with Crippen molar-refractivity contribution in [3.05, 3.63) is 35.5 Å². The molecule has 1 aromatic heterocycles. The van der Waals surface area contributed by atoms with Gasteiger partial charge in [-0.2, -0.15) is 0 Å². The molecular formula is C22H28N2O5. The summed E-state index contributed by atoms with van der Waals surface area (Å²) in [7, 11) is 0. The molecule has 1 fully saturated rings. The van der Waals surface area contributed by atoms with Gasteiger partial charge in [-0.1, -0.05) is 5.16 Å². The molecule has 0 atom stereocenters. The zero-order valence-corrected chi connectivity index (χ0v) is 17.7. The number of rotatable bonds is 3. The third-order valence-corrected chi connectivity index (χ3v) is 4.81. The summed E-state index contributed by atoms with van der Waals surface area (Å²) >= 11 is 0. The highest BCUT2D eigenvalue weighted by molar-refractivity contribution is 5.71. The van der Waals surface area contributed by atoms with Crippen LogP contribution in [-0.4, -0.2) is 40.8 Å². The molecule has 1 aliphatic rings. The van der Waals surface area contributed by atoms with E-state index in [4.69, 9.17) is 14.0 Å². The van der Waals surface area contributed by atoms with Crippen molar-refractivity contribution in [2.75, 3.05) is 13.1 Å². The smallest absolute Gasteiger partial charge is 0.410 e. The molecular weight excluding hydrogens is 372 g/mol. The number of carbonyl (C=O) groups is 2. The molecule has 0 unspecified atom stereocenters. The SMILES string of the molecule is CC(=O)Oc1ccc(-c2cc(C3CCN(C(=O)OC(C)(C)C)CC3)no2)cc1C. The van der Waals surface area contributed by atoms with Crippen molar-refractivity contribution in [2.45, 2.75) is 59.0 Å². The lowest BCUT2D eigenvalue weighted by Gasteiger charge is -2.32. The topological polar surface area (TPSA) is 81.9 Å². The molecule has 7 heteroatoms. The van der Waals surface area contributed by atoms with Gasteiger partial charge >= 0.3 is 12.1 Å². The van der Waals surface area contributed by atoms with Crippen LogP contribution in [0, 0.1) is 6.92 Å². The maximum atomic E-state index is 12.2. The van der Waals surface area contributed by atoms with E-state index >= 15 is 0 Å². The predicted molar refractivity (Wildman–Crippen MR) is 108 cm³/mol. The lowest BCUT2D eigenvalue weighted by atomic mass is 9.93. The summed E-state index contributed by atoms with van der Waals surface area (Å²) in [6, 6.07) is 7.47. The van der Waals surface area contributed by atoms with E-state index in [1.54, 1.807) is 11.0 Å². The van der Waals surface area contributed by atoms with Gasteiger partial charge in [-0.15, -0.1) is 0 Å². The Labute approximate surface area is 171 Å². The number of benzene rings is 1. The van der Waals surface area contributed by atoms with Crippen LogP contribution in [-0.2, 0) is 9.53 Å². The third kappa shape index (κ3) is 5.37. The first kappa shape index (κ1) is 20.9. The molecule has 7 nitrogen and oxygen atoms in total. The normalized spacial score (nSPS) is 15.3. The van der Waals surface area contributed by atoms with Gasteiger partial charge in [0.15, 0.2) is 5.76 Å². The highest BCUT2D eigenvalue weighted by Crippen LogP contribution is 2.32. The summed E-state index contributed by atoms with van der Waals surface area (Å²) in [5.74, 6) is 1.11. The van der Waals surface area contributed by atoms with Crippen LogP contribution < -0.4 is 4.74 Å². The number of likely N-dealkylation sites (tertiary alicyclic amines) is 1. The lowest BCUT2D eigenvalue weighted by molar-refractivity contribution is -0.131. The number of ether oxygens (including phenoxy) is 2. The Bertz CT molecular complexity index is 889. The second-order valence-electron chi connectivity index (χ2n) is 8.43. The highest BCUT2D eigenvalue weighted by atomic mass is 16.6. The molecule has 2 aromatic rings. The molecule has 29 heavy (non-hydrogen) atoms. The largest absolute Gasteiger partial charge is 0.444 e. The molecule has 2 heterocycles. The Morgan fingerprint density at radius 1 is 1.17 bits per heavy atom. The Kier molecular flexibility index (Phi) is 5.96. The minimum atomic E-state index is -0.488. The van der Waals surface area contributed by atoms with Gasteiger partial charge in [0.1, 0.15) is 11.4 Å². The first-order chi connectivity index (χ1) is 13.6. The Morgan fingerprint density at radius 3 is 2.45 bits per heavy atom.